The van der Waals surface area contributed by atoms with Gasteiger partial charge >= 0.3 is 5.97 Å². The summed E-state index contributed by atoms with van der Waals surface area (Å²) in [5.41, 5.74) is 0.446. The van der Waals surface area contributed by atoms with Crippen molar-refractivity contribution in [1.82, 2.24) is 0 Å². The maximum atomic E-state index is 12.7. The molecular weight excluding hydrogens is 581 g/mol. The van der Waals surface area contributed by atoms with Crippen LogP contribution >= 0.6 is 0 Å². The topological polar surface area (TPSA) is 76.0 Å². The van der Waals surface area contributed by atoms with E-state index in [9.17, 15) is 15.0 Å². The average Bonchev–Trinajstić information content (AvgIpc) is 3.20. The minimum atomic E-state index is -2.26. The fraction of sp³-hybridized carbons (Fsp3) is 0.973. The van der Waals surface area contributed by atoms with Crippen molar-refractivity contribution in [3.8, 4) is 0 Å². The van der Waals surface area contributed by atoms with Crippen molar-refractivity contribution in [1.29, 1.82) is 0 Å². The third-order valence-electron chi connectivity index (χ3n) is 15.1. The van der Waals surface area contributed by atoms with Gasteiger partial charge in [-0.2, -0.15) is 0 Å². The van der Waals surface area contributed by atoms with Crippen molar-refractivity contribution in [2.45, 2.75) is 182 Å². The Morgan fingerprint density at radius 1 is 0.795 bits per heavy atom. The van der Waals surface area contributed by atoms with Crippen molar-refractivity contribution < 1.29 is 23.9 Å². The first kappa shape index (κ1) is 36.6. The lowest BCUT2D eigenvalue weighted by atomic mass is 9.43. The van der Waals surface area contributed by atoms with E-state index in [0.717, 1.165) is 19.3 Å². The minimum Gasteiger partial charge on any atom is -0.481 e. The van der Waals surface area contributed by atoms with Crippen LogP contribution in [-0.4, -0.2) is 44.7 Å². The van der Waals surface area contributed by atoms with E-state index in [-0.39, 0.29) is 38.8 Å². The molecule has 4 rings (SSSR count). The molecule has 4 fully saturated rings. The van der Waals surface area contributed by atoms with Crippen molar-refractivity contribution in [2.75, 3.05) is 0 Å². The second-order valence-electron chi connectivity index (χ2n) is 20.2. The van der Waals surface area contributed by atoms with Gasteiger partial charge < -0.3 is 19.1 Å². The summed E-state index contributed by atoms with van der Waals surface area (Å²) in [6.45, 7) is 32.7. The highest BCUT2D eigenvalue weighted by molar-refractivity contribution is 6.74. The predicted molar refractivity (Wildman–Crippen MR) is 187 cm³/mol. The Labute approximate surface area is 273 Å². The minimum absolute atomic E-state index is 0.00769. The van der Waals surface area contributed by atoms with Crippen LogP contribution in [0, 0.1) is 45.8 Å². The van der Waals surface area contributed by atoms with Crippen LogP contribution in [0.5, 0.6) is 0 Å². The van der Waals surface area contributed by atoms with Gasteiger partial charge in [-0.3, -0.25) is 4.79 Å². The van der Waals surface area contributed by atoms with Gasteiger partial charge in [-0.25, -0.2) is 0 Å². The molecule has 0 aromatic carbocycles. The summed E-state index contributed by atoms with van der Waals surface area (Å²) in [5.74, 6) is 1.15. The molecule has 4 saturated carbocycles. The van der Waals surface area contributed by atoms with Gasteiger partial charge in [0.25, 0.3) is 0 Å². The summed E-state index contributed by atoms with van der Waals surface area (Å²) in [4.78, 5) is 11.5. The quantitative estimate of drug-likeness (QED) is 0.202. The Kier molecular flexibility index (Phi) is 9.53. The number of aliphatic hydroxyl groups is 1. The van der Waals surface area contributed by atoms with Crippen LogP contribution in [0.25, 0.3) is 0 Å². The molecule has 0 heterocycles. The smallest absolute Gasteiger partial charge is 0.303 e. The van der Waals surface area contributed by atoms with E-state index in [1.807, 2.05) is 0 Å². The number of rotatable bonds is 8. The van der Waals surface area contributed by atoms with Gasteiger partial charge in [0, 0.05) is 12.8 Å². The lowest BCUT2D eigenvalue weighted by Gasteiger charge is -2.64. The number of hydrogen-bond acceptors (Lipinski definition) is 4. The van der Waals surface area contributed by atoms with Crippen LogP contribution in [0.2, 0.25) is 36.3 Å². The Bertz CT molecular complexity index is 1070. The Morgan fingerprint density at radius 3 is 1.91 bits per heavy atom. The second-order valence-corrected chi connectivity index (χ2v) is 29.7. The Balaban J connectivity index is 1.65. The molecule has 0 saturated heterocycles. The number of aliphatic carboxylic acids is 1. The van der Waals surface area contributed by atoms with Crippen LogP contribution in [0.3, 0.4) is 0 Å². The summed E-state index contributed by atoms with van der Waals surface area (Å²) in [6, 6.07) is 0. The molecule has 0 radical (unpaired) electrons. The van der Waals surface area contributed by atoms with Gasteiger partial charge in [0.2, 0.25) is 0 Å². The maximum Gasteiger partial charge on any atom is 0.303 e. The molecule has 44 heavy (non-hydrogen) atoms. The molecule has 0 aromatic rings. The molecule has 4 aliphatic rings. The Morgan fingerprint density at radius 2 is 1.36 bits per heavy atom. The van der Waals surface area contributed by atoms with Gasteiger partial charge in [0.15, 0.2) is 22.4 Å². The summed E-state index contributed by atoms with van der Waals surface area (Å²) < 4.78 is 14.3. The zero-order valence-corrected chi connectivity index (χ0v) is 33.2. The molecule has 0 aliphatic heterocycles. The fourth-order valence-electron chi connectivity index (χ4n) is 10.5. The number of carboxylic acids is 1. The normalized spacial score (nSPS) is 40.2. The van der Waals surface area contributed by atoms with Gasteiger partial charge in [0.05, 0.1) is 6.10 Å². The molecule has 5 nitrogen and oxygen atoms in total. The van der Waals surface area contributed by atoms with Crippen LogP contribution < -0.4 is 0 Å². The monoisotopic (exact) mass is 650 g/mol. The van der Waals surface area contributed by atoms with Crippen molar-refractivity contribution in [2.24, 2.45) is 45.8 Å². The zero-order valence-electron chi connectivity index (χ0n) is 31.2. The largest absolute Gasteiger partial charge is 0.481 e. The van der Waals surface area contributed by atoms with Gasteiger partial charge in [-0.05, 0) is 133 Å². The predicted octanol–water partition coefficient (Wildman–Crippen LogP) is 10.2. The van der Waals surface area contributed by atoms with Crippen LogP contribution in [-0.2, 0) is 13.6 Å². The molecule has 2 N–H and O–H groups in total. The SMILES string of the molecule is CC(C)(CCC(=O)O)[C@H]1CCC2C3CC[C@@H]4C[C@@](O)(O[Si](C)(C)C(C)(C)C)C(O[Si](C)(C)C(C)(C)C)C[C@]4(C)C3CC[C@@]21C. The van der Waals surface area contributed by atoms with E-state index >= 15 is 0 Å². The molecular formula is C37H70O5Si2. The summed E-state index contributed by atoms with van der Waals surface area (Å²) in [5, 5.41) is 22.2. The number of carboxylic acid groups (broad SMARTS) is 1. The van der Waals surface area contributed by atoms with Crippen LogP contribution in [0.4, 0.5) is 0 Å². The molecule has 0 aromatic heterocycles. The molecule has 0 bridgehead atoms. The van der Waals surface area contributed by atoms with E-state index in [1.165, 1.54) is 32.1 Å². The van der Waals surface area contributed by atoms with Gasteiger partial charge in [-0.1, -0.05) is 69.2 Å². The highest BCUT2D eigenvalue weighted by atomic mass is 28.4. The number of hydrogen-bond donors (Lipinski definition) is 2. The van der Waals surface area contributed by atoms with Crippen LogP contribution in [0.15, 0.2) is 0 Å². The maximum absolute atomic E-state index is 12.7. The average molecular weight is 651 g/mol. The molecule has 0 spiro atoms. The van der Waals surface area contributed by atoms with Crippen molar-refractivity contribution >= 4 is 22.6 Å². The second kappa shape index (κ2) is 11.4. The molecule has 7 heteroatoms. The fourth-order valence-corrected chi connectivity index (χ4v) is 13.2. The standard InChI is InChI=1S/C37H70O5Si2/c1-32(2,3)43(11,12)41-30-24-36(10)25(23-37(30,40)42-44(13,14)33(4,5)6)15-16-26-27-17-18-29(34(7,8)21-20-31(38)39)35(27,9)22-19-28(26)36/h25-30,40H,15-24H2,1-14H3,(H,38,39)/t25-,26?,27?,28?,29-,30?,35+,36+,37-/m1/s1. The lowest BCUT2D eigenvalue weighted by molar-refractivity contribution is -0.271. The van der Waals surface area contributed by atoms with E-state index in [0.29, 0.717) is 36.0 Å². The molecule has 0 amide bonds. The molecule has 4 unspecified atom stereocenters. The third-order valence-corrected chi connectivity index (χ3v) is 24.1. The van der Waals surface area contributed by atoms with Crippen LogP contribution in [0.1, 0.15) is 133 Å². The Hall–Kier alpha value is -0.216. The number of fused-ring (bicyclic) bond motifs is 5. The molecule has 256 valence electrons. The highest BCUT2D eigenvalue weighted by Gasteiger charge is 2.66. The van der Waals surface area contributed by atoms with E-state index in [2.05, 4.69) is 95.4 Å². The highest BCUT2D eigenvalue weighted by Crippen LogP contribution is 2.70. The van der Waals surface area contributed by atoms with E-state index in [4.69, 9.17) is 8.85 Å². The number of carbonyl (C=O) groups is 1. The summed E-state index contributed by atoms with van der Waals surface area (Å²) >= 11 is 0. The van der Waals surface area contributed by atoms with Crippen molar-refractivity contribution in [3.05, 3.63) is 0 Å². The zero-order chi connectivity index (χ0) is 33.5. The first-order valence-electron chi connectivity index (χ1n) is 18.0. The first-order valence-corrected chi connectivity index (χ1v) is 23.8. The lowest BCUT2D eigenvalue weighted by Crippen LogP contribution is -2.66. The molecule has 9 atom stereocenters. The molecule has 4 aliphatic carbocycles. The van der Waals surface area contributed by atoms with E-state index < -0.39 is 28.4 Å². The van der Waals surface area contributed by atoms with Crippen molar-refractivity contribution in [3.63, 3.8) is 0 Å². The van der Waals surface area contributed by atoms with Gasteiger partial charge in [0.1, 0.15) is 0 Å². The summed E-state index contributed by atoms with van der Waals surface area (Å²) in [7, 11) is -4.44. The van der Waals surface area contributed by atoms with Gasteiger partial charge in [-0.15, -0.1) is 0 Å². The summed E-state index contributed by atoms with van der Waals surface area (Å²) in [6.07, 6.45) is 9.69. The first-order chi connectivity index (χ1) is 19.7. The third kappa shape index (κ3) is 6.33. The van der Waals surface area contributed by atoms with E-state index in [1.54, 1.807) is 0 Å².